The van der Waals surface area contributed by atoms with E-state index in [1.54, 1.807) is 6.20 Å². The van der Waals surface area contributed by atoms with Gasteiger partial charge in [-0.25, -0.2) is 0 Å². The molecule has 0 aliphatic carbocycles. The highest BCUT2D eigenvalue weighted by atomic mass is 16.5. The number of nitrogens with two attached hydrogens (primary N) is 1. The Hall–Kier alpha value is -1.97. The van der Waals surface area contributed by atoms with E-state index in [2.05, 4.69) is 10.2 Å². The van der Waals surface area contributed by atoms with Gasteiger partial charge >= 0.3 is 0 Å². The zero-order chi connectivity index (χ0) is 10.7. The first kappa shape index (κ1) is 9.58. The summed E-state index contributed by atoms with van der Waals surface area (Å²) in [4.78, 5) is 0. The molecule has 4 nitrogen and oxygen atoms in total. The normalized spacial score (nSPS) is 10.2. The van der Waals surface area contributed by atoms with Crippen LogP contribution in [0.25, 0.3) is 11.3 Å². The lowest BCUT2D eigenvalue weighted by Gasteiger charge is -2.05. The van der Waals surface area contributed by atoms with Crippen molar-refractivity contribution in [2.45, 2.75) is 6.92 Å². The molecule has 4 heteroatoms. The van der Waals surface area contributed by atoms with Crippen LogP contribution in [0.4, 0.5) is 5.69 Å². The molecule has 2 rings (SSSR count). The van der Waals surface area contributed by atoms with Crippen LogP contribution in [0.15, 0.2) is 30.5 Å². The van der Waals surface area contributed by atoms with Crippen LogP contribution in [-0.4, -0.2) is 16.8 Å². The van der Waals surface area contributed by atoms with Gasteiger partial charge in [0.05, 0.1) is 24.2 Å². The number of nitrogen functional groups attached to an aromatic ring is 1. The van der Waals surface area contributed by atoms with Crippen molar-refractivity contribution >= 4 is 5.69 Å². The van der Waals surface area contributed by atoms with E-state index in [1.807, 2.05) is 31.2 Å². The van der Waals surface area contributed by atoms with Crippen molar-refractivity contribution < 1.29 is 4.74 Å². The summed E-state index contributed by atoms with van der Waals surface area (Å²) >= 11 is 0. The minimum atomic E-state index is 0.642. The Balaban J connectivity index is 2.37. The lowest BCUT2D eigenvalue weighted by Crippen LogP contribution is -1.92. The van der Waals surface area contributed by atoms with E-state index in [-0.39, 0.29) is 0 Å². The van der Waals surface area contributed by atoms with Gasteiger partial charge in [0.2, 0.25) is 0 Å². The first-order chi connectivity index (χ1) is 7.31. The summed E-state index contributed by atoms with van der Waals surface area (Å²) in [5.74, 6) is 0.837. The molecule has 0 spiro atoms. The molecule has 1 aromatic heterocycles. The van der Waals surface area contributed by atoms with Gasteiger partial charge in [0.25, 0.3) is 0 Å². The van der Waals surface area contributed by atoms with Crippen LogP contribution in [-0.2, 0) is 0 Å². The van der Waals surface area contributed by atoms with Gasteiger partial charge in [0.15, 0.2) is 0 Å². The molecule has 0 atom stereocenters. The highest BCUT2D eigenvalue weighted by molar-refractivity contribution is 5.72. The summed E-state index contributed by atoms with van der Waals surface area (Å²) in [6, 6.07) is 7.75. The van der Waals surface area contributed by atoms with Gasteiger partial charge in [-0.3, -0.25) is 5.10 Å². The van der Waals surface area contributed by atoms with Crippen LogP contribution in [0.2, 0.25) is 0 Å². The summed E-state index contributed by atoms with van der Waals surface area (Å²) in [5, 5.41) is 6.74. The van der Waals surface area contributed by atoms with E-state index in [9.17, 15) is 0 Å². The average molecular weight is 203 g/mol. The Morgan fingerprint density at radius 3 is 3.00 bits per heavy atom. The van der Waals surface area contributed by atoms with Crippen LogP contribution < -0.4 is 10.5 Å². The largest absolute Gasteiger partial charge is 0.494 e. The second-order valence-electron chi connectivity index (χ2n) is 3.16. The fourth-order valence-electron chi connectivity index (χ4n) is 1.43. The van der Waals surface area contributed by atoms with E-state index in [1.165, 1.54) is 0 Å². The summed E-state index contributed by atoms with van der Waals surface area (Å²) in [6.07, 6.45) is 1.60. The van der Waals surface area contributed by atoms with Crippen molar-refractivity contribution in [3.05, 3.63) is 30.5 Å². The summed E-state index contributed by atoms with van der Waals surface area (Å²) in [5.41, 5.74) is 8.22. The molecular formula is C11H13N3O. The van der Waals surface area contributed by atoms with Gasteiger partial charge in [-0.1, -0.05) is 12.1 Å². The number of aromatic nitrogens is 2. The highest BCUT2D eigenvalue weighted by Crippen LogP contribution is 2.25. The number of ether oxygens (including phenoxy) is 1. The van der Waals surface area contributed by atoms with E-state index in [0.717, 1.165) is 17.0 Å². The van der Waals surface area contributed by atoms with E-state index in [4.69, 9.17) is 10.5 Å². The Morgan fingerprint density at radius 2 is 2.33 bits per heavy atom. The van der Waals surface area contributed by atoms with Gasteiger partial charge < -0.3 is 10.5 Å². The average Bonchev–Trinajstić information content (AvgIpc) is 2.65. The third kappa shape index (κ3) is 1.93. The predicted octanol–water partition coefficient (Wildman–Crippen LogP) is 2.06. The second-order valence-corrected chi connectivity index (χ2v) is 3.16. The van der Waals surface area contributed by atoms with Crippen LogP contribution in [0, 0.1) is 0 Å². The van der Waals surface area contributed by atoms with Crippen LogP contribution in [0.5, 0.6) is 5.75 Å². The molecule has 2 aromatic rings. The van der Waals surface area contributed by atoms with Crippen molar-refractivity contribution in [2.75, 3.05) is 12.3 Å². The molecule has 0 unspecified atom stereocenters. The summed E-state index contributed by atoms with van der Waals surface area (Å²) in [6.45, 7) is 2.61. The van der Waals surface area contributed by atoms with E-state index < -0.39 is 0 Å². The second kappa shape index (κ2) is 4.04. The molecule has 0 fully saturated rings. The lowest BCUT2D eigenvalue weighted by atomic mass is 10.1. The van der Waals surface area contributed by atoms with Gasteiger partial charge in [0.1, 0.15) is 5.75 Å². The smallest absolute Gasteiger partial charge is 0.119 e. The zero-order valence-electron chi connectivity index (χ0n) is 8.53. The molecule has 78 valence electrons. The van der Waals surface area contributed by atoms with E-state index in [0.29, 0.717) is 12.3 Å². The maximum Gasteiger partial charge on any atom is 0.119 e. The summed E-state index contributed by atoms with van der Waals surface area (Å²) < 4.78 is 5.41. The molecule has 1 heterocycles. The minimum absolute atomic E-state index is 0.642. The number of nitrogens with zero attached hydrogens (tertiary/aromatic N) is 1. The number of hydrogen-bond donors (Lipinski definition) is 2. The third-order valence-electron chi connectivity index (χ3n) is 2.10. The monoisotopic (exact) mass is 203 g/mol. The Labute approximate surface area is 88.1 Å². The first-order valence-corrected chi connectivity index (χ1v) is 4.83. The molecular weight excluding hydrogens is 190 g/mol. The van der Waals surface area contributed by atoms with Crippen LogP contribution in [0.3, 0.4) is 0 Å². The molecule has 1 aromatic carbocycles. The minimum Gasteiger partial charge on any atom is -0.494 e. The molecule has 0 aliphatic heterocycles. The van der Waals surface area contributed by atoms with Crippen LogP contribution >= 0.6 is 0 Å². The summed E-state index contributed by atoms with van der Waals surface area (Å²) in [7, 11) is 0. The van der Waals surface area contributed by atoms with E-state index >= 15 is 0 Å². The van der Waals surface area contributed by atoms with Gasteiger partial charge in [0, 0.05) is 5.56 Å². The maximum absolute atomic E-state index is 5.76. The van der Waals surface area contributed by atoms with Crippen molar-refractivity contribution in [3.8, 4) is 17.0 Å². The first-order valence-electron chi connectivity index (χ1n) is 4.83. The van der Waals surface area contributed by atoms with Crippen molar-refractivity contribution in [2.24, 2.45) is 0 Å². The van der Waals surface area contributed by atoms with Crippen molar-refractivity contribution in [1.29, 1.82) is 0 Å². The number of aromatic amines is 1. The quantitative estimate of drug-likeness (QED) is 0.802. The van der Waals surface area contributed by atoms with Crippen molar-refractivity contribution in [1.82, 2.24) is 10.2 Å². The zero-order valence-corrected chi connectivity index (χ0v) is 8.53. The fourth-order valence-corrected chi connectivity index (χ4v) is 1.43. The SMILES string of the molecule is CCOc1cccc(-c2[nH]ncc2N)c1. The number of hydrogen-bond acceptors (Lipinski definition) is 3. The molecule has 0 saturated heterocycles. The lowest BCUT2D eigenvalue weighted by molar-refractivity contribution is 0.340. The molecule has 0 aliphatic rings. The Kier molecular flexibility index (Phi) is 2.58. The predicted molar refractivity (Wildman–Crippen MR) is 59.6 cm³/mol. The number of benzene rings is 1. The topological polar surface area (TPSA) is 63.9 Å². The Morgan fingerprint density at radius 1 is 1.47 bits per heavy atom. The molecule has 15 heavy (non-hydrogen) atoms. The van der Waals surface area contributed by atoms with Gasteiger partial charge in [-0.05, 0) is 19.1 Å². The molecule has 0 bridgehead atoms. The number of rotatable bonds is 3. The number of anilines is 1. The highest BCUT2D eigenvalue weighted by Gasteiger charge is 2.05. The Bertz CT molecular complexity index is 451. The van der Waals surface area contributed by atoms with Crippen molar-refractivity contribution in [3.63, 3.8) is 0 Å². The molecule has 3 N–H and O–H groups in total. The standard InChI is InChI=1S/C11H13N3O/c1-2-15-9-5-3-4-8(6-9)11-10(12)7-13-14-11/h3-7H,2,12H2,1H3,(H,13,14). The van der Waals surface area contributed by atoms with Gasteiger partial charge in [-0.15, -0.1) is 0 Å². The molecule has 0 radical (unpaired) electrons. The maximum atomic E-state index is 5.76. The number of nitrogens with one attached hydrogen (secondary N) is 1. The molecule has 0 saturated carbocycles. The van der Waals surface area contributed by atoms with Gasteiger partial charge in [-0.2, -0.15) is 5.10 Å². The van der Waals surface area contributed by atoms with Crippen LogP contribution in [0.1, 0.15) is 6.92 Å². The number of H-pyrrole nitrogens is 1. The third-order valence-corrected chi connectivity index (χ3v) is 2.10. The fraction of sp³-hybridized carbons (Fsp3) is 0.182. The molecule has 0 amide bonds.